The van der Waals surface area contributed by atoms with Gasteiger partial charge < -0.3 is 20.3 Å². The van der Waals surface area contributed by atoms with Crippen LogP contribution in [0.1, 0.15) is 50.6 Å². The third-order valence-corrected chi connectivity index (χ3v) is 10.4. The first kappa shape index (κ1) is 36.8. The highest BCUT2D eigenvalue weighted by molar-refractivity contribution is 6.02. The highest BCUT2D eigenvalue weighted by atomic mass is 19.4. The minimum Gasteiger partial charge on any atom is -0.479 e. The molecule has 0 radical (unpaired) electrons. The third-order valence-electron chi connectivity index (χ3n) is 10.4. The number of amides is 1. The van der Waals surface area contributed by atoms with E-state index in [1.165, 1.54) is 54.6 Å². The van der Waals surface area contributed by atoms with Crippen LogP contribution in [0.2, 0.25) is 0 Å². The average molecular weight is 743 g/mol. The molecule has 284 valence electrons. The number of carbonyl (C=O) groups is 1. The van der Waals surface area contributed by atoms with Crippen LogP contribution in [0, 0.1) is 11.6 Å². The Bertz CT molecular complexity index is 1770. The van der Waals surface area contributed by atoms with Crippen LogP contribution in [0.15, 0.2) is 55.4 Å². The molecule has 3 aromatic rings. The van der Waals surface area contributed by atoms with Gasteiger partial charge in [-0.15, -0.1) is 0 Å². The van der Waals surface area contributed by atoms with E-state index in [4.69, 9.17) is 9.57 Å². The van der Waals surface area contributed by atoms with Crippen molar-refractivity contribution in [3.05, 3.63) is 72.6 Å². The lowest BCUT2D eigenvalue weighted by Gasteiger charge is -2.43. The second kappa shape index (κ2) is 15.4. The second-order valence-corrected chi connectivity index (χ2v) is 13.9. The Balaban J connectivity index is 1.15. The van der Waals surface area contributed by atoms with Crippen LogP contribution in [-0.4, -0.2) is 95.9 Å². The first-order valence-electron chi connectivity index (χ1n) is 18.0. The average Bonchev–Trinajstić information content (AvgIpc) is 3.87. The fraction of sp³-hybridized carbons (Fsp3) is 0.486. The number of carbonyl (C=O) groups excluding carboxylic acids is 1. The Kier molecular flexibility index (Phi) is 10.7. The predicted molar refractivity (Wildman–Crippen MR) is 190 cm³/mol. The number of piperidine rings is 1. The van der Waals surface area contributed by atoms with E-state index in [1.54, 1.807) is 0 Å². The van der Waals surface area contributed by atoms with Crippen molar-refractivity contribution in [3.8, 4) is 5.75 Å². The van der Waals surface area contributed by atoms with E-state index < -0.39 is 35.9 Å². The van der Waals surface area contributed by atoms with E-state index in [-0.39, 0.29) is 29.7 Å². The van der Waals surface area contributed by atoms with E-state index in [0.717, 1.165) is 64.1 Å². The molecule has 3 saturated heterocycles. The Morgan fingerprint density at radius 3 is 2.19 bits per heavy atom. The summed E-state index contributed by atoms with van der Waals surface area (Å²) in [4.78, 5) is 34.2. The third kappa shape index (κ3) is 8.65. The van der Waals surface area contributed by atoms with Gasteiger partial charge in [0.15, 0.2) is 11.9 Å². The Labute approximate surface area is 304 Å². The largest absolute Gasteiger partial charge is 0.479 e. The predicted octanol–water partition coefficient (Wildman–Crippen LogP) is 6.58. The van der Waals surface area contributed by atoms with Crippen molar-refractivity contribution >= 4 is 34.6 Å². The summed E-state index contributed by atoms with van der Waals surface area (Å²) < 4.78 is 75.3. The smallest absolute Gasteiger partial charge is 0.425 e. The molecule has 1 aliphatic carbocycles. The number of halogens is 5. The molecular weight excluding hydrogens is 699 g/mol. The highest BCUT2D eigenvalue weighted by Gasteiger charge is 2.39. The molecule has 0 spiro atoms. The molecule has 7 rings (SSSR count). The number of rotatable bonds is 11. The van der Waals surface area contributed by atoms with Crippen LogP contribution in [0.5, 0.6) is 5.75 Å². The molecule has 53 heavy (non-hydrogen) atoms. The van der Waals surface area contributed by atoms with Gasteiger partial charge in [-0.1, -0.05) is 6.58 Å². The van der Waals surface area contributed by atoms with Crippen LogP contribution in [0.4, 0.5) is 50.6 Å². The van der Waals surface area contributed by atoms with Gasteiger partial charge in [-0.2, -0.15) is 13.2 Å². The minimum atomic E-state index is -4.66. The maximum absolute atomic E-state index is 14.1. The van der Waals surface area contributed by atoms with Crippen LogP contribution >= 0.6 is 0 Å². The van der Waals surface area contributed by atoms with Gasteiger partial charge in [-0.25, -0.2) is 23.8 Å². The number of alkyl halides is 3. The zero-order valence-corrected chi connectivity index (χ0v) is 29.4. The van der Waals surface area contributed by atoms with Gasteiger partial charge in [0.25, 0.3) is 0 Å². The van der Waals surface area contributed by atoms with Crippen molar-refractivity contribution in [3.63, 3.8) is 0 Å². The topological polar surface area (TPSA) is 98.3 Å². The van der Waals surface area contributed by atoms with Crippen molar-refractivity contribution in [2.45, 2.75) is 69.4 Å². The van der Waals surface area contributed by atoms with E-state index in [1.807, 2.05) is 0 Å². The van der Waals surface area contributed by atoms with Gasteiger partial charge in [-0.05, 0) is 62.4 Å². The summed E-state index contributed by atoms with van der Waals surface area (Å²) in [6, 6.07) is 8.34. The first-order valence-corrected chi connectivity index (χ1v) is 18.0. The number of hydrogen-bond acceptors (Lipinski definition) is 10. The molecule has 4 aliphatic rings. The van der Waals surface area contributed by atoms with Crippen molar-refractivity contribution < 1.29 is 36.3 Å². The van der Waals surface area contributed by atoms with Crippen molar-refractivity contribution in [2.24, 2.45) is 0 Å². The molecule has 1 aromatic heterocycles. The lowest BCUT2D eigenvalue weighted by atomic mass is 10.0. The number of aromatic nitrogens is 2. The minimum absolute atomic E-state index is 0.100. The highest BCUT2D eigenvalue weighted by Crippen LogP contribution is 2.42. The van der Waals surface area contributed by atoms with Gasteiger partial charge >= 0.3 is 6.18 Å². The molecule has 1 saturated carbocycles. The monoisotopic (exact) mass is 742 g/mol. The van der Waals surface area contributed by atoms with E-state index >= 15 is 0 Å². The molecule has 2 aromatic carbocycles. The molecule has 2 unspecified atom stereocenters. The molecule has 4 fully saturated rings. The summed E-state index contributed by atoms with van der Waals surface area (Å²) in [5.74, 6) is -1.65. The van der Waals surface area contributed by atoms with Gasteiger partial charge in [-0.3, -0.25) is 19.4 Å². The summed E-state index contributed by atoms with van der Waals surface area (Å²) in [6.45, 7) is 10.2. The zero-order chi connectivity index (χ0) is 37.3. The van der Waals surface area contributed by atoms with Crippen LogP contribution in [0.25, 0.3) is 0 Å². The van der Waals surface area contributed by atoms with Gasteiger partial charge in [0.2, 0.25) is 5.91 Å². The molecule has 2 atom stereocenters. The maximum atomic E-state index is 14.1. The molecule has 1 amide bonds. The normalized spacial score (nSPS) is 21.1. The molecule has 11 nitrogen and oxygen atoms in total. The summed E-state index contributed by atoms with van der Waals surface area (Å²) >= 11 is 0. The molecular formula is C37H43F5N8O3. The summed E-state index contributed by atoms with van der Waals surface area (Å²) in [5.41, 5.74) is 1.32. The second-order valence-electron chi connectivity index (χ2n) is 13.9. The lowest BCUT2D eigenvalue weighted by molar-refractivity contribution is -0.189. The lowest BCUT2D eigenvalue weighted by Crippen LogP contribution is -2.53. The van der Waals surface area contributed by atoms with Gasteiger partial charge in [0.1, 0.15) is 29.5 Å². The SMILES string of the molecule is C=CC(=O)Nc1cc(Nc2cc(N3OCCC3c3cc(F)cc(F)c3)ncn2)c(OC(C)C(F)(F)F)cc1N1CCC(N2CCN(C3CC3)CC2)CC1. The number of hydrogen-bond donors (Lipinski definition) is 2. The Morgan fingerprint density at radius 2 is 1.57 bits per heavy atom. The number of anilines is 5. The standard InChI is InChI=1S/C37H43F5N8O3/c1-3-36(51)46-29-19-30(45-34-21-35(44-22-43-34)50-31(8-15-52-50)24-16-25(38)18-26(39)17-24)33(53-23(2)37(40,41)42)20-32(29)49-9-6-28(7-10-49)48-13-11-47(12-14-48)27-4-5-27/h3,16-23,27-28,31H,1,4-15H2,2H3,(H,46,51)(H,43,44,45). The zero-order valence-electron chi connectivity index (χ0n) is 29.4. The maximum Gasteiger partial charge on any atom is 0.425 e. The number of hydroxylamine groups is 1. The summed E-state index contributed by atoms with van der Waals surface area (Å²) in [5, 5.41) is 7.28. The molecule has 2 N–H and O–H groups in total. The van der Waals surface area contributed by atoms with Gasteiger partial charge in [0, 0.05) is 76.0 Å². The molecule has 3 aliphatic heterocycles. The number of piperazine rings is 1. The summed E-state index contributed by atoms with van der Waals surface area (Å²) in [7, 11) is 0. The van der Waals surface area contributed by atoms with E-state index in [0.29, 0.717) is 42.5 Å². The van der Waals surface area contributed by atoms with Crippen molar-refractivity contribution in [1.29, 1.82) is 0 Å². The van der Waals surface area contributed by atoms with E-state index in [9.17, 15) is 26.7 Å². The quantitative estimate of drug-likeness (QED) is 0.166. The number of nitrogens with zero attached hydrogens (tertiary/aromatic N) is 6. The fourth-order valence-electron chi connectivity index (χ4n) is 7.39. The number of benzene rings is 2. The summed E-state index contributed by atoms with van der Waals surface area (Å²) in [6.07, 6.45) is 0.260. The first-order chi connectivity index (χ1) is 25.4. The van der Waals surface area contributed by atoms with Gasteiger partial charge in [0.05, 0.1) is 29.7 Å². The van der Waals surface area contributed by atoms with Crippen LogP contribution in [0.3, 0.4) is 0 Å². The molecule has 4 heterocycles. The Morgan fingerprint density at radius 1 is 0.906 bits per heavy atom. The Hall–Kier alpha value is -4.54. The number of ether oxygens (including phenoxy) is 1. The van der Waals surface area contributed by atoms with E-state index in [2.05, 4.69) is 41.9 Å². The fourth-order valence-corrected chi connectivity index (χ4v) is 7.39. The number of nitrogens with one attached hydrogen (secondary N) is 2. The van der Waals surface area contributed by atoms with Crippen molar-refractivity contribution in [2.75, 3.05) is 66.5 Å². The van der Waals surface area contributed by atoms with Crippen LogP contribution in [-0.2, 0) is 9.63 Å². The molecule has 0 bridgehead atoms. The van der Waals surface area contributed by atoms with Crippen molar-refractivity contribution in [1.82, 2.24) is 19.8 Å². The van der Waals surface area contributed by atoms with Crippen LogP contribution < -0.4 is 25.3 Å². The molecule has 16 heteroatoms.